The molecule has 2 rings (SSSR count). The van der Waals surface area contributed by atoms with Crippen LogP contribution < -0.4 is 10.6 Å². The van der Waals surface area contributed by atoms with Crippen LogP contribution in [0.5, 0.6) is 0 Å². The molecule has 2 N–H and O–H groups in total. The Hall–Kier alpha value is -0.580. The minimum absolute atomic E-state index is 0. The number of nitrogens with one attached hydrogen (secondary N) is 2. The summed E-state index contributed by atoms with van der Waals surface area (Å²) in [6, 6.07) is 4.15. The Labute approximate surface area is 112 Å². The minimum Gasteiger partial charge on any atom is -0.355 e. The lowest BCUT2D eigenvalue weighted by molar-refractivity contribution is -0.129. The van der Waals surface area contributed by atoms with Crippen molar-refractivity contribution in [3.8, 4) is 0 Å². The number of amides is 1. The smallest absolute Gasteiger partial charge is 0.227 e. The van der Waals surface area contributed by atoms with Crippen LogP contribution in [0.2, 0.25) is 0 Å². The molecule has 96 valence electrons. The molecule has 1 atom stereocenters. The van der Waals surface area contributed by atoms with Gasteiger partial charge in [0, 0.05) is 18.0 Å². The Balaban J connectivity index is 0.00000144. The van der Waals surface area contributed by atoms with Gasteiger partial charge in [0.15, 0.2) is 0 Å². The van der Waals surface area contributed by atoms with E-state index in [-0.39, 0.29) is 23.7 Å². The first-order valence-electron chi connectivity index (χ1n) is 5.72. The van der Waals surface area contributed by atoms with Crippen molar-refractivity contribution in [3.63, 3.8) is 0 Å². The van der Waals surface area contributed by atoms with Crippen molar-refractivity contribution >= 4 is 29.7 Å². The van der Waals surface area contributed by atoms with Gasteiger partial charge in [-0.05, 0) is 37.8 Å². The highest BCUT2D eigenvalue weighted by Crippen LogP contribution is 2.24. The van der Waals surface area contributed by atoms with Crippen LogP contribution in [0, 0.1) is 5.41 Å². The lowest BCUT2D eigenvalue weighted by atomic mass is 9.89. The summed E-state index contributed by atoms with van der Waals surface area (Å²) in [7, 11) is 0. The summed E-state index contributed by atoms with van der Waals surface area (Å²) in [5.74, 6) is 0.189. The van der Waals surface area contributed by atoms with Gasteiger partial charge in [-0.25, -0.2) is 0 Å². The predicted octanol–water partition coefficient (Wildman–Crippen LogP) is 1.83. The first-order chi connectivity index (χ1) is 7.71. The van der Waals surface area contributed by atoms with Gasteiger partial charge in [-0.1, -0.05) is 6.07 Å². The lowest BCUT2D eigenvalue weighted by Gasteiger charge is -2.21. The van der Waals surface area contributed by atoms with Crippen LogP contribution in [0.1, 0.15) is 18.2 Å². The Morgan fingerprint density at radius 2 is 2.47 bits per heavy atom. The highest BCUT2D eigenvalue weighted by atomic mass is 35.5. The first-order valence-corrected chi connectivity index (χ1v) is 6.60. The Morgan fingerprint density at radius 3 is 3.06 bits per heavy atom. The van der Waals surface area contributed by atoms with Gasteiger partial charge < -0.3 is 10.6 Å². The molecule has 1 fully saturated rings. The SMILES string of the molecule is CC1(C(=O)NCCc2cccs2)CCNC1.Cl. The average Bonchev–Trinajstić information content (AvgIpc) is 2.90. The zero-order chi connectivity index (χ0) is 11.4. The first kappa shape index (κ1) is 14.5. The molecule has 1 saturated heterocycles. The molecule has 0 bridgehead atoms. The van der Waals surface area contributed by atoms with E-state index < -0.39 is 0 Å². The molecular weight excluding hydrogens is 256 g/mol. The summed E-state index contributed by atoms with van der Waals surface area (Å²) >= 11 is 1.74. The van der Waals surface area contributed by atoms with Crippen LogP contribution in [0.3, 0.4) is 0 Å². The van der Waals surface area contributed by atoms with Crippen molar-refractivity contribution < 1.29 is 4.79 Å². The van der Waals surface area contributed by atoms with E-state index in [0.29, 0.717) is 0 Å². The molecular formula is C12H19ClN2OS. The predicted molar refractivity (Wildman–Crippen MR) is 73.9 cm³/mol. The standard InChI is InChI=1S/C12H18N2OS.ClH/c1-12(5-7-13-9-12)11(15)14-6-4-10-3-2-8-16-10;/h2-3,8,13H,4-7,9H2,1H3,(H,14,15);1H. The van der Waals surface area contributed by atoms with Crippen LogP contribution in [-0.2, 0) is 11.2 Å². The number of hydrogen-bond donors (Lipinski definition) is 2. The molecule has 1 amide bonds. The van der Waals surface area contributed by atoms with E-state index in [1.165, 1.54) is 4.88 Å². The highest BCUT2D eigenvalue weighted by Gasteiger charge is 2.35. The van der Waals surface area contributed by atoms with E-state index >= 15 is 0 Å². The number of rotatable bonds is 4. The summed E-state index contributed by atoms with van der Waals surface area (Å²) in [4.78, 5) is 13.3. The van der Waals surface area contributed by atoms with E-state index in [4.69, 9.17) is 0 Å². The van der Waals surface area contributed by atoms with E-state index in [0.717, 1.165) is 32.5 Å². The van der Waals surface area contributed by atoms with E-state index in [1.54, 1.807) is 11.3 Å². The minimum atomic E-state index is -0.199. The van der Waals surface area contributed by atoms with E-state index in [2.05, 4.69) is 22.1 Å². The molecule has 1 unspecified atom stereocenters. The number of hydrogen-bond acceptors (Lipinski definition) is 3. The molecule has 2 heterocycles. The van der Waals surface area contributed by atoms with Gasteiger partial charge >= 0.3 is 0 Å². The van der Waals surface area contributed by atoms with E-state index in [1.807, 2.05) is 13.0 Å². The van der Waals surface area contributed by atoms with E-state index in [9.17, 15) is 4.79 Å². The molecule has 17 heavy (non-hydrogen) atoms. The van der Waals surface area contributed by atoms with Crippen LogP contribution in [0.15, 0.2) is 17.5 Å². The van der Waals surface area contributed by atoms with Crippen molar-refractivity contribution in [3.05, 3.63) is 22.4 Å². The van der Waals surface area contributed by atoms with Crippen LogP contribution in [0.4, 0.5) is 0 Å². The Morgan fingerprint density at radius 1 is 1.65 bits per heavy atom. The van der Waals surface area contributed by atoms with Gasteiger partial charge in [0.2, 0.25) is 5.91 Å². The molecule has 5 heteroatoms. The third-order valence-electron chi connectivity index (χ3n) is 3.15. The zero-order valence-corrected chi connectivity index (χ0v) is 11.6. The van der Waals surface area contributed by atoms with Crippen molar-refractivity contribution in [2.45, 2.75) is 19.8 Å². The molecule has 0 spiro atoms. The Bertz CT molecular complexity index is 347. The van der Waals surface area contributed by atoms with Crippen molar-refractivity contribution in [1.82, 2.24) is 10.6 Å². The summed E-state index contributed by atoms with van der Waals surface area (Å²) in [5.41, 5.74) is -0.199. The number of halogens is 1. The van der Waals surface area contributed by atoms with Crippen LogP contribution in [0.25, 0.3) is 0 Å². The average molecular weight is 275 g/mol. The summed E-state index contributed by atoms with van der Waals surface area (Å²) in [6.07, 6.45) is 1.88. The normalized spacial score (nSPS) is 23.1. The molecule has 3 nitrogen and oxygen atoms in total. The molecule has 1 aromatic heterocycles. The van der Waals surface area contributed by atoms with Gasteiger partial charge in [0.05, 0.1) is 5.41 Å². The largest absolute Gasteiger partial charge is 0.355 e. The van der Waals surface area contributed by atoms with Gasteiger partial charge in [0.1, 0.15) is 0 Å². The van der Waals surface area contributed by atoms with Crippen LogP contribution in [-0.4, -0.2) is 25.5 Å². The van der Waals surface area contributed by atoms with Crippen molar-refractivity contribution in [1.29, 1.82) is 0 Å². The maximum absolute atomic E-state index is 11.9. The third-order valence-corrected chi connectivity index (χ3v) is 4.09. The molecule has 0 saturated carbocycles. The fourth-order valence-corrected chi connectivity index (χ4v) is 2.69. The maximum Gasteiger partial charge on any atom is 0.227 e. The zero-order valence-electron chi connectivity index (χ0n) is 9.99. The second-order valence-corrected chi connectivity index (χ2v) is 5.60. The summed E-state index contributed by atoms with van der Waals surface area (Å²) in [5, 5.41) is 8.34. The van der Waals surface area contributed by atoms with Gasteiger partial charge in [-0.3, -0.25) is 4.79 Å². The van der Waals surface area contributed by atoms with Crippen molar-refractivity contribution in [2.24, 2.45) is 5.41 Å². The quantitative estimate of drug-likeness (QED) is 0.880. The Kier molecular flexibility index (Phi) is 5.43. The number of thiophene rings is 1. The maximum atomic E-state index is 11.9. The van der Waals surface area contributed by atoms with Gasteiger partial charge in [-0.2, -0.15) is 0 Å². The fraction of sp³-hybridized carbons (Fsp3) is 0.583. The van der Waals surface area contributed by atoms with Crippen molar-refractivity contribution in [2.75, 3.05) is 19.6 Å². The van der Waals surface area contributed by atoms with Crippen LogP contribution >= 0.6 is 23.7 Å². The molecule has 0 aromatic carbocycles. The summed E-state index contributed by atoms with van der Waals surface area (Å²) < 4.78 is 0. The third kappa shape index (κ3) is 3.69. The fourth-order valence-electron chi connectivity index (χ4n) is 1.98. The second-order valence-electron chi connectivity index (χ2n) is 4.57. The van der Waals surface area contributed by atoms with Gasteiger partial charge in [-0.15, -0.1) is 23.7 Å². The lowest BCUT2D eigenvalue weighted by Crippen LogP contribution is -2.41. The molecule has 1 aliphatic heterocycles. The topological polar surface area (TPSA) is 41.1 Å². The molecule has 1 aliphatic rings. The number of carbonyl (C=O) groups excluding carboxylic acids is 1. The summed E-state index contributed by atoms with van der Waals surface area (Å²) in [6.45, 7) is 4.54. The monoisotopic (exact) mass is 274 g/mol. The highest BCUT2D eigenvalue weighted by molar-refractivity contribution is 7.09. The molecule has 1 aromatic rings. The number of carbonyl (C=O) groups is 1. The molecule has 0 aliphatic carbocycles. The van der Waals surface area contributed by atoms with Gasteiger partial charge in [0.25, 0.3) is 0 Å². The molecule has 0 radical (unpaired) electrons. The second kappa shape index (κ2) is 6.38.